The number of esters is 1. The van der Waals surface area contributed by atoms with Gasteiger partial charge < -0.3 is 9.64 Å². The Morgan fingerprint density at radius 3 is 2.39 bits per heavy atom. The van der Waals surface area contributed by atoms with Crippen molar-refractivity contribution in [3.05, 3.63) is 43.7 Å². The number of hydrogen-bond donors (Lipinski definition) is 0. The molecule has 9 heteroatoms. The Hall–Kier alpha value is -2.44. The highest BCUT2D eigenvalue weighted by Gasteiger charge is 2.35. The van der Waals surface area contributed by atoms with E-state index >= 15 is 0 Å². The van der Waals surface area contributed by atoms with Gasteiger partial charge in [0.2, 0.25) is 0 Å². The molecule has 36 heavy (non-hydrogen) atoms. The number of rotatable bonds is 14. The topological polar surface area (TPSA) is 71.3 Å². The summed E-state index contributed by atoms with van der Waals surface area (Å²) < 4.78 is 5.89. The van der Waals surface area contributed by atoms with Crippen molar-refractivity contribution >= 4 is 56.1 Å². The van der Waals surface area contributed by atoms with Gasteiger partial charge in [0.15, 0.2) is 0 Å². The normalized spacial score (nSPS) is 15.0. The number of carbonyl (C=O) groups excluding carboxylic acids is 3. The van der Waals surface area contributed by atoms with Crippen molar-refractivity contribution in [1.29, 1.82) is 0 Å². The van der Waals surface area contributed by atoms with Gasteiger partial charge >= 0.3 is 5.97 Å². The molecule has 2 rings (SSSR count). The maximum atomic E-state index is 13.2. The van der Waals surface area contributed by atoms with Crippen molar-refractivity contribution in [2.75, 3.05) is 31.1 Å². The van der Waals surface area contributed by atoms with Crippen LogP contribution in [0.5, 0.6) is 0 Å². The maximum absolute atomic E-state index is 13.2. The summed E-state index contributed by atoms with van der Waals surface area (Å²) in [5.41, 5.74) is 0.593. The molecule has 0 bridgehead atoms. The maximum Gasteiger partial charge on any atom is 0.302 e. The van der Waals surface area contributed by atoms with E-state index in [1.807, 2.05) is 6.07 Å². The molecule has 1 aliphatic heterocycles. The van der Waals surface area contributed by atoms with Crippen molar-refractivity contribution in [2.45, 2.75) is 72.6 Å². The van der Waals surface area contributed by atoms with Gasteiger partial charge in [-0.3, -0.25) is 19.3 Å². The highest BCUT2D eigenvalue weighted by molar-refractivity contribution is 9.10. The fourth-order valence-corrected chi connectivity index (χ4v) is 5.94. The molecule has 2 heterocycles. The lowest BCUT2D eigenvalue weighted by Gasteiger charge is -2.27. The van der Waals surface area contributed by atoms with Gasteiger partial charge in [-0.25, -0.2) is 4.85 Å². The molecule has 0 unspecified atom stereocenters. The number of hydrogen-bond acceptors (Lipinski definition) is 6. The van der Waals surface area contributed by atoms with E-state index in [4.69, 9.17) is 11.3 Å². The molecule has 0 spiro atoms. The van der Waals surface area contributed by atoms with E-state index in [0.717, 1.165) is 51.6 Å². The zero-order valence-corrected chi connectivity index (χ0v) is 24.1. The fraction of sp³-hybridized carbons (Fsp3) is 0.556. The van der Waals surface area contributed by atoms with E-state index in [-0.39, 0.29) is 18.8 Å². The quantitative estimate of drug-likeness (QED) is 0.0819. The smallest absolute Gasteiger partial charge is 0.302 e. The Morgan fingerprint density at radius 2 is 1.78 bits per heavy atom. The Bertz CT molecular complexity index is 1050. The molecule has 0 N–H and O–H groups in total. The van der Waals surface area contributed by atoms with Gasteiger partial charge in [-0.1, -0.05) is 46.0 Å². The predicted molar refractivity (Wildman–Crippen MR) is 149 cm³/mol. The van der Waals surface area contributed by atoms with E-state index < -0.39 is 17.8 Å². The summed E-state index contributed by atoms with van der Waals surface area (Å²) in [6.07, 6.45) is 9.99. The van der Waals surface area contributed by atoms with Gasteiger partial charge in [0.05, 0.1) is 17.6 Å². The number of anilines is 1. The Labute approximate surface area is 227 Å². The minimum atomic E-state index is -0.654. The van der Waals surface area contributed by atoms with Crippen LogP contribution in [0.3, 0.4) is 0 Å². The van der Waals surface area contributed by atoms with Crippen molar-refractivity contribution < 1.29 is 19.1 Å². The summed E-state index contributed by atoms with van der Waals surface area (Å²) in [4.78, 5) is 44.7. The van der Waals surface area contributed by atoms with Crippen LogP contribution in [-0.2, 0) is 19.1 Å². The summed E-state index contributed by atoms with van der Waals surface area (Å²) in [6, 6.07) is 1.99. The van der Waals surface area contributed by atoms with E-state index in [1.165, 1.54) is 32.6 Å². The average Bonchev–Trinajstić information content (AvgIpc) is 3.20. The summed E-state index contributed by atoms with van der Waals surface area (Å²) in [5.74, 6) is -1.63. The lowest BCUT2D eigenvalue weighted by atomic mass is 9.98. The van der Waals surface area contributed by atoms with Gasteiger partial charge in [0, 0.05) is 30.5 Å². The van der Waals surface area contributed by atoms with Crippen LogP contribution < -0.4 is 4.90 Å². The number of carbonyl (C=O) groups is 3. The minimum absolute atomic E-state index is 0.0864. The van der Waals surface area contributed by atoms with Crippen molar-refractivity contribution in [2.24, 2.45) is 0 Å². The summed E-state index contributed by atoms with van der Waals surface area (Å²) in [6.45, 7) is 16.6. The first-order valence-corrected chi connectivity index (χ1v) is 14.2. The lowest BCUT2D eigenvalue weighted by Crippen LogP contribution is -2.44. The van der Waals surface area contributed by atoms with E-state index in [0.29, 0.717) is 11.1 Å². The molecule has 1 aliphatic rings. The third-order valence-corrected chi connectivity index (χ3v) is 8.00. The fourth-order valence-electron chi connectivity index (χ4n) is 4.00. The summed E-state index contributed by atoms with van der Waals surface area (Å²) in [5, 5.41) is 1.13. The molecule has 0 saturated carbocycles. The van der Waals surface area contributed by atoms with Crippen molar-refractivity contribution in [1.82, 2.24) is 4.90 Å². The molecule has 196 valence electrons. The average molecular weight is 579 g/mol. The monoisotopic (exact) mass is 577 g/mol. The first-order chi connectivity index (χ1) is 17.2. The highest BCUT2D eigenvalue weighted by atomic mass is 79.9. The number of nitrogens with zero attached hydrogens (tertiary/aromatic N) is 3. The number of ether oxygens (including phenoxy) is 1. The molecule has 0 radical (unpaired) electrons. The van der Waals surface area contributed by atoms with Crippen molar-refractivity contribution in [3.8, 4) is 0 Å². The van der Waals surface area contributed by atoms with Crippen LogP contribution >= 0.6 is 27.3 Å². The molecule has 0 aliphatic carbocycles. The predicted octanol–water partition coefficient (Wildman–Crippen LogP) is 6.60. The van der Waals surface area contributed by atoms with Crippen LogP contribution in [0, 0.1) is 6.57 Å². The van der Waals surface area contributed by atoms with Crippen LogP contribution in [0.25, 0.3) is 10.9 Å². The van der Waals surface area contributed by atoms with Crippen LogP contribution in [0.15, 0.2) is 27.4 Å². The molecule has 0 aromatic carbocycles. The number of thiophene rings is 1. The van der Waals surface area contributed by atoms with Gasteiger partial charge in [-0.05, 0) is 53.4 Å². The number of halogens is 1. The molecular formula is C27H36BrN3O4S. The Kier molecular flexibility index (Phi) is 12.4. The first kappa shape index (κ1) is 29.8. The standard InChI is InChI=1S/C27H36BrN3O4S/c1-6-8-10-12-14-30(13-11-9-7-2)27-23(28)18-21(36-27)17-22-19(3)24(29-5)26(34)31(25(22)33)15-16-35-20(4)32/h17-18H,6-16H2,1-4H3/b22-17+. The largest absolute Gasteiger partial charge is 0.464 e. The summed E-state index contributed by atoms with van der Waals surface area (Å²) in [7, 11) is 0. The number of unbranched alkanes of at least 4 members (excludes halogenated alkanes) is 5. The highest BCUT2D eigenvalue weighted by Crippen LogP contribution is 2.39. The van der Waals surface area contributed by atoms with Crippen molar-refractivity contribution in [3.63, 3.8) is 0 Å². The summed E-state index contributed by atoms with van der Waals surface area (Å²) >= 11 is 5.32. The SMILES string of the molecule is [C-]#[N+]C1=C(C)/C(=C\c2cc(Br)c(N(CCCCC)CCCCCC)s2)C(=O)N(CCOC(C)=O)C1=O. The van der Waals surface area contributed by atoms with Crippen LogP contribution in [0.4, 0.5) is 5.00 Å². The Balaban J connectivity index is 2.35. The Morgan fingerprint density at radius 1 is 1.14 bits per heavy atom. The van der Waals surface area contributed by atoms with Crippen LogP contribution in [0.2, 0.25) is 0 Å². The molecule has 0 saturated heterocycles. The molecule has 7 nitrogen and oxygen atoms in total. The number of amides is 2. The molecule has 0 atom stereocenters. The zero-order chi connectivity index (χ0) is 26.7. The molecular weight excluding hydrogens is 542 g/mol. The third kappa shape index (κ3) is 8.04. The van der Waals surface area contributed by atoms with E-state index in [1.54, 1.807) is 24.3 Å². The van der Waals surface area contributed by atoms with E-state index in [9.17, 15) is 14.4 Å². The second-order valence-electron chi connectivity index (χ2n) is 8.80. The molecule has 1 aromatic heterocycles. The second-order valence-corrected chi connectivity index (χ2v) is 10.7. The van der Waals surface area contributed by atoms with Crippen LogP contribution in [-0.4, -0.2) is 48.9 Å². The number of imide groups is 1. The molecule has 2 amide bonds. The van der Waals surface area contributed by atoms with Gasteiger partial charge in [-0.2, -0.15) is 0 Å². The lowest BCUT2D eigenvalue weighted by molar-refractivity contribution is -0.147. The van der Waals surface area contributed by atoms with Gasteiger partial charge in [0.1, 0.15) is 11.6 Å². The molecule has 0 fully saturated rings. The molecule has 1 aromatic rings. The van der Waals surface area contributed by atoms with Gasteiger partial charge in [-0.15, -0.1) is 11.3 Å². The van der Waals surface area contributed by atoms with Crippen LogP contribution in [0.1, 0.15) is 77.5 Å². The second kappa shape index (κ2) is 15.0. The first-order valence-electron chi connectivity index (χ1n) is 12.6. The van der Waals surface area contributed by atoms with Gasteiger partial charge in [0.25, 0.3) is 17.5 Å². The minimum Gasteiger partial charge on any atom is -0.464 e. The van der Waals surface area contributed by atoms with E-state index in [2.05, 4.69) is 39.5 Å². The third-order valence-electron chi connectivity index (χ3n) is 5.99. The zero-order valence-electron chi connectivity index (χ0n) is 21.7.